The largest absolute Gasteiger partial charge is 0.373 e. The third kappa shape index (κ3) is 6.88. The minimum absolute atomic E-state index is 0.0166. The van der Waals surface area contributed by atoms with Gasteiger partial charge in [0.15, 0.2) is 0 Å². The standard InChI is InChI=1S/C26H25BrCl2N2O4S/c27-20-7-4-8-22(16-20)36(33,34)30-25(19-5-2-1-3-6-19)26(32)31-13-11-21(12-14-31)35-17-18-9-10-23(28)24(29)15-18/h1-10,15-16,21,25,30H,11-14,17H2. The fraction of sp³-hybridized carbons (Fsp3) is 0.269. The zero-order chi connectivity index (χ0) is 25.7. The fourth-order valence-electron chi connectivity index (χ4n) is 4.03. The van der Waals surface area contributed by atoms with Crippen molar-refractivity contribution in [2.75, 3.05) is 13.1 Å². The summed E-state index contributed by atoms with van der Waals surface area (Å²) in [4.78, 5) is 15.3. The molecule has 0 spiro atoms. The van der Waals surface area contributed by atoms with Crippen LogP contribution in [0.3, 0.4) is 0 Å². The Kier molecular flexibility index (Phi) is 9.09. The molecule has 36 heavy (non-hydrogen) atoms. The molecule has 4 rings (SSSR count). The van der Waals surface area contributed by atoms with Crippen LogP contribution in [0.1, 0.15) is 30.0 Å². The van der Waals surface area contributed by atoms with Crippen LogP contribution in [0.4, 0.5) is 0 Å². The predicted octanol–water partition coefficient (Wildman–Crippen LogP) is 5.98. The van der Waals surface area contributed by atoms with E-state index in [0.29, 0.717) is 52.6 Å². The van der Waals surface area contributed by atoms with E-state index in [2.05, 4.69) is 20.7 Å². The average Bonchev–Trinajstić information content (AvgIpc) is 2.88. The van der Waals surface area contributed by atoms with E-state index in [1.807, 2.05) is 12.1 Å². The lowest BCUT2D eigenvalue weighted by Crippen LogP contribution is -2.47. The number of hydrogen-bond acceptors (Lipinski definition) is 4. The maximum atomic E-state index is 13.6. The van der Waals surface area contributed by atoms with Crippen LogP contribution in [-0.2, 0) is 26.2 Å². The van der Waals surface area contributed by atoms with Gasteiger partial charge >= 0.3 is 0 Å². The number of ether oxygens (including phenoxy) is 1. The Morgan fingerprint density at radius 1 is 1.00 bits per heavy atom. The lowest BCUT2D eigenvalue weighted by molar-refractivity contribution is -0.136. The van der Waals surface area contributed by atoms with Crippen LogP contribution in [0.25, 0.3) is 0 Å². The molecule has 1 aliphatic heterocycles. The van der Waals surface area contributed by atoms with Gasteiger partial charge in [-0.25, -0.2) is 8.42 Å². The van der Waals surface area contributed by atoms with Gasteiger partial charge in [0, 0.05) is 17.6 Å². The number of rotatable bonds is 8. The summed E-state index contributed by atoms with van der Waals surface area (Å²) >= 11 is 15.4. The van der Waals surface area contributed by atoms with E-state index < -0.39 is 16.1 Å². The average molecular weight is 612 g/mol. The normalized spacial score (nSPS) is 15.6. The monoisotopic (exact) mass is 610 g/mol. The number of nitrogens with one attached hydrogen (secondary N) is 1. The Hall–Kier alpha value is -1.94. The first kappa shape index (κ1) is 27.1. The first-order valence-electron chi connectivity index (χ1n) is 11.4. The number of carbonyl (C=O) groups excluding carboxylic acids is 1. The number of likely N-dealkylation sites (tertiary alicyclic amines) is 1. The molecule has 1 N–H and O–H groups in total. The molecule has 0 bridgehead atoms. The van der Waals surface area contributed by atoms with E-state index in [4.69, 9.17) is 27.9 Å². The first-order valence-corrected chi connectivity index (χ1v) is 14.4. The van der Waals surface area contributed by atoms with Gasteiger partial charge in [0.2, 0.25) is 15.9 Å². The van der Waals surface area contributed by atoms with Crippen LogP contribution in [0.15, 0.2) is 82.2 Å². The number of halogens is 3. The lowest BCUT2D eigenvalue weighted by Gasteiger charge is -2.34. The number of amides is 1. The van der Waals surface area contributed by atoms with Crippen molar-refractivity contribution < 1.29 is 17.9 Å². The van der Waals surface area contributed by atoms with Crippen LogP contribution in [0.5, 0.6) is 0 Å². The molecular formula is C26H25BrCl2N2O4S. The van der Waals surface area contributed by atoms with Crippen molar-refractivity contribution in [3.8, 4) is 0 Å². The highest BCUT2D eigenvalue weighted by Crippen LogP contribution is 2.26. The maximum absolute atomic E-state index is 13.6. The van der Waals surface area contributed by atoms with Gasteiger partial charge in [-0.15, -0.1) is 0 Å². The molecule has 1 unspecified atom stereocenters. The summed E-state index contributed by atoms with van der Waals surface area (Å²) in [6.45, 7) is 1.33. The van der Waals surface area contributed by atoms with Gasteiger partial charge in [-0.05, 0) is 54.3 Å². The van der Waals surface area contributed by atoms with Crippen molar-refractivity contribution in [1.29, 1.82) is 0 Å². The number of carbonyl (C=O) groups is 1. The number of nitrogens with zero attached hydrogens (tertiary/aromatic N) is 1. The Morgan fingerprint density at radius 2 is 1.72 bits per heavy atom. The molecule has 1 aliphatic rings. The highest BCUT2D eigenvalue weighted by atomic mass is 79.9. The van der Waals surface area contributed by atoms with Crippen LogP contribution >= 0.6 is 39.1 Å². The van der Waals surface area contributed by atoms with Crippen molar-refractivity contribution in [1.82, 2.24) is 9.62 Å². The summed E-state index contributed by atoms with van der Waals surface area (Å²) in [6.07, 6.45) is 1.27. The van der Waals surface area contributed by atoms with Crippen molar-refractivity contribution in [3.05, 3.63) is 98.4 Å². The van der Waals surface area contributed by atoms with Crippen LogP contribution in [0.2, 0.25) is 10.0 Å². The van der Waals surface area contributed by atoms with Gasteiger partial charge in [-0.2, -0.15) is 4.72 Å². The van der Waals surface area contributed by atoms with E-state index in [9.17, 15) is 13.2 Å². The molecule has 1 atom stereocenters. The fourth-order valence-corrected chi connectivity index (χ4v) is 6.13. The zero-order valence-corrected chi connectivity index (χ0v) is 23.2. The van der Waals surface area contributed by atoms with Crippen LogP contribution in [-0.4, -0.2) is 38.4 Å². The Morgan fingerprint density at radius 3 is 2.39 bits per heavy atom. The van der Waals surface area contributed by atoms with Crippen molar-refractivity contribution in [2.45, 2.75) is 36.5 Å². The second-order valence-corrected chi connectivity index (χ2v) is 12.0. The van der Waals surface area contributed by atoms with Gasteiger partial charge in [0.25, 0.3) is 0 Å². The third-order valence-electron chi connectivity index (χ3n) is 5.98. The summed E-state index contributed by atoms with van der Waals surface area (Å²) in [5.74, 6) is -0.289. The number of benzene rings is 3. The molecule has 1 saturated heterocycles. The molecule has 1 amide bonds. The van der Waals surface area contributed by atoms with Gasteiger partial charge in [-0.1, -0.05) is 81.6 Å². The summed E-state index contributed by atoms with van der Waals surface area (Å²) in [5, 5.41) is 0.978. The lowest BCUT2D eigenvalue weighted by atomic mass is 10.0. The van der Waals surface area contributed by atoms with Gasteiger partial charge < -0.3 is 9.64 Å². The van der Waals surface area contributed by atoms with E-state index in [0.717, 1.165) is 5.56 Å². The predicted molar refractivity (Wildman–Crippen MR) is 144 cm³/mol. The number of sulfonamides is 1. The van der Waals surface area contributed by atoms with Crippen LogP contribution in [0, 0.1) is 0 Å². The molecule has 1 fully saturated rings. The molecule has 3 aromatic carbocycles. The summed E-state index contributed by atoms with van der Waals surface area (Å²) in [7, 11) is -3.94. The van der Waals surface area contributed by atoms with E-state index >= 15 is 0 Å². The third-order valence-corrected chi connectivity index (χ3v) is 8.64. The molecule has 0 saturated carbocycles. The summed E-state index contributed by atoms with van der Waals surface area (Å²) in [6, 6.07) is 19.6. The summed E-state index contributed by atoms with van der Waals surface area (Å²) < 4.78 is 35.6. The van der Waals surface area contributed by atoms with Gasteiger partial charge in [0.05, 0.1) is 27.7 Å². The summed E-state index contributed by atoms with van der Waals surface area (Å²) in [5.41, 5.74) is 1.51. The van der Waals surface area contributed by atoms with Gasteiger partial charge in [0.1, 0.15) is 6.04 Å². The highest BCUT2D eigenvalue weighted by molar-refractivity contribution is 9.10. The Labute approximate surface area is 229 Å². The number of hydrogen-bond donors (Lipinski definition) is 1. The first-order chi connectivity index (χ1) is 17.2. The highest BCUT2D eigenvalue weighted by Gasteiger charge is 2.33. The molecular weight excluding hydrogens is 587 g/mol. The smallest absolute Gasteiger partial charge is 0.245 e. The molecule has 0 aliphatic carbocycles. The molecule has 0 aromatic heterocycles. The van der Waals surface area contributed by atoms with E-state index in [-0.39, 0.29) is 16.9 Å². The van der Waals surface area contributed by atoms with Gasteiger partial charge in [-0.3, -0.25) is 4.79 Å². The SMILES string of the molecule is O=C(C(NS(=O)(=O)c1cccc(Br)c1)c1ccccc1)N1CCC(OCc2ccc(Cl)c(Cl)c2)CC1. The second kappa shape index (κ2) is 12.1. The quantitative estimate of drug-likeness (QED) is 0.340. The van der Waals surface area contributed by atoms with E-state index in [1.165, 1.54) is 12.1 Å². The molecule has 3 aromatic rings. The van der Waals surface area contributed by atoms with E-state index in [1.54, 1.807) is 53.4 Å². The Bertz CT molecular complexity index is 1320. The molecule has 6 nitrogen and oxygen atoms in total. The molecule has 1 heterocycles. The molecule has 10 heteroatoms. The van der Waals surface area contributed by atoms with Crippen molar-refractivity contribution in [3.63, 3.8) is 0 Å². The minimum Gasteiger partial charge on any atom is -0.373 e. The molecule has 0 radical (unpaired) electrons. The van der Waals surface area contributed by atoms with Crippen LogP contribution < -0.4 is 4.72 Å². The topological polar surface area (TPSA) is 75.7 Å². The Balaban J connectivity index is 1.42. The molecule has 190 valence electrons. The van der Waals surface area contributed by atoms with Crippen molar-refractivity contribution >= 4 is 55.1 Å². The van der Waals surface area contributed by atoms with Crippen molar-refractivity contribution in [2.24, 2.45) is 0 Å². The zero-order valence-electron chi connectivity index (χ0n) is 19.2. The minimum atomic E-state index is -3.94. The second-order valence-electron chi connectivity index (χ2n) is 8.51. The number of piperidine rings is 1. The maximum Gasteiger partial charge on any atom is 0.245 e.